The first-order valence-electron chi connectivity index (χ1n) is 11.9. The average Bonchev–Trinajstić information content (AvgIpc) is 3.59. The summed E-state index contributed by atoms with van der Waals surface area (Å²) in [6.45, 7) is 8.42. The molecule has 0 aromatic heterocycles. The Bertz CT molecular complexity index is 803. The van der Waals surface area contributed by atoms with Crippen LogP contribution in [0.5, 0.6) is 0 Å². The fraction of sp³-hybridized carbons (Fsp3) is 0.870. The molecule has 6 atom stereocenters. The molecule has 0 N–H and O–H groups in total. The maximum atomic E-state index is 13.4. The molecule has 6 unspecified atom stereocenters. The lowest BCUT2D eigenvalue weighted by molar-refractivity contribution is -0.131. The number of allylic oxidation sites excluding steroid dienone is 1. The van der Waals surface area contributed by atoms with Crippen LogP contribution in [0.15, 0.2) is 11.6 Å². The van der Waals surface area contributed by atoms with E-state index in [0.29, 0.717) is 23.5 Å². The number of carbonyl (C=O) groups is 1. The van der Waals surface area contributed by atoms with Gasteiger partial charge in [0, 0.05) is 38.0 Å². The van der Waals surface area contributed by atoms with Crippen LogP contribution in [0.25, 0.3) is 0 Å². The van der Waals surface area contributed by atoms with E-state index in [4.69, 9.17) is 4.52 Å². The molecular formula is C23H35N2O3P. The van der Waals surface area contributed by atoms with E-state index in [2.05, 4.69) is 19.9 Å². The molecule has 5 nitrogen and oxygen atoms in total. The molecular weight excluding hydrogens is 383 g/mol. The minimum Gasteiger partial charge on any atom is -0.302 e. The van der Waals surface area contributed by atoms with E-state index >= 15 is 0 Å². The Morgan fingerprint density at radius 2 is 1.66 bits per heavy atom. The number of hydrogen-bond acceptors (Lipinski definition) is 3. The van der Waals surface area contributed by atoms with Gasteiger partial charge in [0.15, 0.2) is 0 Å². The van der Waals surface area contributed by atoms with Crippen LogP contribution >= 0.6 is 7.67 Å². The van der Waals surface area contributed by atoms with Crippen molar-refractivity contribution in [2.75, 3.05) is 26.2 Å². The lowest BCUT2D eigenvalue weighted by Gasteiger charge is -2.57. The van der Waals surface area contributed by atoms with Gasteiger partial charge >= 0.3 is 7.67 Å². The standard InChI is InChI=1S/C23H35N2O3P/c1-22-9-7-17(28-29(27,24-11-12-24)25-13-14-25)15-16(22)3-4-18-19-5-6-21(26)23(19,2)10-8-20(18)22/h3,17-20H,4-15H2,1-2H3. The largest absolute Gasteiger partial charge is 0.346 e. The van der Waals surface area contributed by atoms with Gasteiger partial charge in [-0.05, 0) is 68.1 Å². The van der Waals surface area contributed by atoms with Gasteiger partial charge in [0.05, 0.1) is 6.10 Å². The Morgan fingerprint density at radius 1 is 1.00 bits per heavy atom. The summed E-state index contributed by atoms with van der Waals surface area (Å²) < 4.78 is 23.9. The van der Waals surface area contributed by atoms with Crippen LogP contribution in [0.1, 0.15) is 65.2 Å². The van der Waals surface area contributed by atoms with Crippen molar-refractivity contribution in [3.05, 3.63) is 11.6 Å². The van der Waals surface area contributed by atoms with Gasteiger partial charge in [-0.1, -0.05) is 25.5 Å². The van der Waals surface area contributed by atoms with Gasteiger partial charge in [0.25, 0.3) is 0 Å². The van der Waals surface area contributed by atoms with Gasteiger partial charge in [0.2, 0.25) is 0 Å². The van der Waals surface area contributed by atoms with Crippen LogP contribution in [0.2, 0.25) is 0 Å². The highest BCUT2D eigenvalue weighted by Crippen LogP contribution is 2.66. The lowest BCUT2D eigenvalue weighted by Crippen LogP contribution is -2.50. The Kier molecular flexibility index (Phi) is 4.16. The van der Waals surface area contributed by atoms with Gasteiger partial charge in [0.1, 0.15) is 5.78 Å². The summed E-state index contributed by atoms with van der Waals surface area (Å²) in [7, 11) is -2.74. The molecule has 6 aliphatic rings. The van der Waals surface area contributed by atoms with Crippen molar-refractivity contribution < 1.29 is 13.9 Å². The predicted molar refractivity (Wildman–Crippen MR) is 112 cm³/mol. The van der Waals surface area contributed by atoms with E-state index < -0.39 is 7.67 Å². The van der Waals surface area contributed by atoms with Crippen molar-refractivity contribution >= 4 is 13.5 Å². The molecule has 5 fully saturated rings. The van der Waals surface area contributed by atoms with Crippen molar-refractivity contribution in [1.29, 1.82) is 0 Å². The zero-order valence-corrected chi connectivity index (χ0v) is 18.8. The highest BCUT2D eigenvalue weighted by Gasteiger charge is 2.59. The third kappa shape index (κ3) is 2.76. The normalized spacial score (nSPS) is 47.2. The first kappa shape index (κ1) is 19.2. The molecule has 0 spiro atoms. The van der Waals surface area contributed by atoms with Crippen LogP contribution in [0.4, 0.5) is 0 Å². The molecule has 6 heteroatoms. The van der Waals surface area contributed by atoms with E-state index in [1.165, 1.54) is 6.42 Å². The summed E-state index contributed by atoms with van der Waals surface area (Å²) in [6.07, 6.45) is 11.0. The Hall–Kier alpha value is -0.480. The van der Waals surface area contributed by atoms with Crippen molar-refractivity contribution in [2.45, 2.75) is 71.3 Å². The summed E-state index contributed by atoms with van der Waals surface area (Å²) in [5.41, 5.74) is 1.76. The topological polar surface area (TPSA) is 49.4 Å². The molecule has 0 amide bonds. The van der Waals surface area contributed by atoms with Crippen LogP contribution in [-0.4, -0.2) is 47.4 Å². The molecule has 3 saturated carbocycles. The first-order chi connectivity index (χ1) is 13.8. The fourth-order valence-electron chi connectivity index (χ4n) is 7.59. The van der Waals surface area contributed by atoms with Gasteiger partial charge in [-0.3, -0.25) is 9.36 Å². The van der Waals surface area contributed by atoms with Crippen LogP contribution in [0.3, 0.4) is 0 Å². The minimum absolute atomic E-state index is 0.0484. The van der Waals surface area contributed by atoms with Crippen molar-refractivity contribution in [3.63, 3.8) is 0 Å². The monoisotopic (exact) mass is 418 g/mol. The first-order valence-corrected chi connectivity index (χ1v) is 13.4. The quantitative estimate of drug-likeness (QED) is 0.378. The number of nitrogens with zero attached hydrogens (tertiary/aromatic N) is 2. The molecule has 160 valence electrons. The highest BCUT2D eigenvalue weighted by atomic mass is 31.2. The second kappa shape index (κ2) is 6.28. The Labute approximate surface area is 174 Å². The van der Waals surface area contributed by atoms with Crippen LogP contribution in [0, 0.1) is 28.6 Å². The molecule has 0 bridgehead atoms. The molecule has 0 radical (unpaired) electrons. The van der Waals surface area contributed by atoms with E-state index in [1.807, 2.05) is 9.34 Å². The molecule has 0 aromatic rings. The van der Waals surface area contributed by atoms with Crippen molar-refractivity contribution in [1.82, 2.24) is 9.34 Å². The second-order valence-electron chi connectivity index (χ2n) is 11.0. The smallest absolute Gasteiger partial charge is 0.302 e. The maximum absolute atomic E-state index is 13.4. The zero-order chi connectivity index (χ0) is 20.0. The van der Waals surface area contributed by atoms with Gasteiger partial charge in [-0.25, -0.2) is 9.34 Å². The van der Waals surface area contributed by atoms with Gasteiger partial charge in [-0.15, -0.1) is 0 Å². The van der Waals surface area contributed by atoms with Crippen LogP contribution in [-0.2, 0) is 13.9 Å². The average molecular weight is 419 g/mol. The van der Waals surface area contributed by atoms with Gasteiger partial charge in [-0.2, -0.15) is 0 Å². The Morgan fingerprint density at radius 3 is 2.34 bits per heavy atom. The van der Waals surface area contributed by atoms with Crippen molar-refractivity contribution in [3.8, 4) is 0 Å². The van der Waals surface area contributed by atoms with E-state index in [-0.39, 0.29) is 16.9 Å². The third-order valence-corrected chi connectivity index (χ3v) is 12.4. The summed E-state index contributed by atoms with van der Waals surface area (Å²) in [6, 6.07) is 0. The molecule has 2 aliphatic heterocycles. The number of hydrogen-bond donors (Lipinski definition) is 0. The highest BCUT2D eigenvalue weighted by molar-refractivity contribution is 7.54. The molecule has 29 heavy (non-hydrogen) atoms. The second-order valence-corrected chi connectivity index (χ2v) is 13.4. The molecule has 4 aliphatic carbocycles. The summed E-state index contributed by atoms with van der Waals surface area (Å²) in [5, 5.41) is 0. The zero-order valence-electron chi connectivity index (χ0n) is 17.9. The van der Waals surface area contributed by atoms with E-state index in [1.54, 1.807) is 5.57 Å². The fourth-order valence-corrected chi connectivity index (χ4v) is 9.97. The molecule has 0 aromatic carbocycles. The van der Waals surface area contributed by atoms with Crippen molar-refractivity contribution in [2.24, 2.45) is 28.6 Å². The summed E-state index contributed by atoms with van der Waals surface area (Å²) in [5.74, 6) is 2.49. The molecule has 2 saturated heterocycles. The van der Waals surface area contributed by atoms with E-state index in [0.717, 1.165) is 71.1 Å². The lowest BCUT2D eigenvalue weighted by atomic mass is 9.48. The predicted octanol–water partition coefficient (Wildman–Crippen LogP) is 4.64. The number of rotatable bonds is 4. The van der Waals surface area contributed by atoms with Gasteiger partial charge < -0.3 is 4.52 Å². The minimum atomic E-state index is -2.74. The van der Waals surface area contributed by atoms with E-state index in [9.17, 15) is 9.36 Å². The molecule has 2 heterocycles. The number of Topliss-reactive ketones (excluding diaryl/α,β-unsaturated/α-hetero) is 1. The number of carbonyl (C=O) groups excluding carboxylic acids is 1. The third-order valence-electron chi connectivity index (χ3n) is 9.62. The maximum Gasteiger partial charge on any atom is 0.346 e. The van der Waals surface area contributed by atoms with Crippen LogP contribution < -0.4 is 0 Å². The SMILES string of the molecule is CC12CCC3C(CC=C4CC(OP(=O)(N5CC5)N5CC5)CCC43C)C1CCC2=O. The summed E-state index contributed by atoms with van der Waals surface area (Å²) in [4.78, 5) is 12.6. The summed E-state index contributed by atoms with van der Waals surface area (Å²) >= 11 is 0. The Balaban J connectivity index is 1.22. The number of ketones is 1. The number of fused-ring (bicyclic) bond motifs is 5. The molecule has 6 rings (SSSR count).